The molecule has 0 aliphatic heterocycles. The Morgan fingerprint density at radius 3 is 2.65 bits per heavy atom. The van der Waals surface area contributed by atoms with Crippen LogP contribution in [-0.2, 0) is 4.79 Å². The molecule has 0 bridgehead atoms. The lowest BCUT2D eigenvalue weighted by molar-refractivity contribution is -0.123. The van der Waals surface area contributed by atoms with Gasteiger partial charge in [0.1, 0.15) is 11.6 Å². The second-order valence-electron chi connectivity index (χ2n) is 5.46. The Hall–Kier alpha value is -1.58. The summed E-state index contributed by atoms with van der Waals surface area (Å²) in [6.07, 6.45) is 6.96. The summed E-state index contributed by atoms with van der Waals surface area (Å²) in [5, 5.41) is 3.00. The van der Waals surface area contributed by atoms with Crippen LogP contribution in [0.25, 0.3) is 0 Å². The minimum absolute atomic E-state index is 0.0565. The van der Waals surface area contributed by atoms with Gasteiger partial charge in [0.25, 0.3) is 5.91 Å². The highest BCUT2D eigenvalue weighted by atomic mass is 19.1. The Morgan fingerprint density at radius 2 is 2.00 bits per heavy atom. The number of nitrogens with one attached hydrogen (secondary N) is 1. The number of carbonyl (C=O) groups excluding carboxylic acids is 1. The molecule has 1 N–H and O–H groups in total. The minimum atomic E-state index is -0.313. The molecule has 1 aromatic rings. The van der Waals surface area contributed by atoms with E-state index in [9.17, 15) is 9.18 Å². The molecule has 1 aliphatic rings. The summed E-state index contributed by atoms with van der Waals surface area (Å²) in [7, 11) is 0. The van der Waals surface area contributed by atoms with E-state index in [1.54, 1.807) is 19.1 Å². The third-order valence-corrected chi connectivity index (χ3v) is 3.73. The van der Waals surface area contributed by atoms with Gasteiger partial charge in [0.15, 0.2) is 6.61 Å². The lowest BCUT2D eigenvalue weighted by Gasteiger charge is -2.16. The molecule has 4 heteroatoms. The van der Waals surface area contributed by atoms with Crippen molar-refractivity contribution in [2.75, 3.05) is 6.61 Å². The van der Waals surface area contributed by atoms with Gasteiger partial charge in [-0.15, -0.1) is 0 Å². The molecule has 3 nitrogen and oxygen atoms in total. The Bertz CT molecular complexity index is 454. The van der Waals surface area contributed by atoms with Gasteiger partial charge in [-0.05, 0) is 31.4 Å². The van der Waals surface area contributed by atoms with Crippen molar-refractivity contribution in [1.29, 1.82) is 0 Å². The van der Waals surface area contributed by atoms with Gasteiger partial charge in [-0.1, -0.05) is 31.7 Å². The maximum absolute atomic E-state index is 13.3. The van der Waals surface area contributed by atoms with E-state index in [1.807, 2.05) is 0 Å². The standard InChI is InChI=1S/C16H22FNO2/c1-12-8-9-14(10-15(12)17)20-11-16(19)18-13-6-4-2-3-5-7-13/h8-10,13H,2-7,11H2,1H3,(H,18,19). The van der Waals surface area contributed by atoms with Crippen molar-refractivity contribution < 1.29 is 13.9 Å². The molecule has 0 atom stereocenters. The first-order valence-electron chi connectivity index (χ1n) is 7.33. The van der Waals surface area contributed by atoms with Crippen LogP contribution in [0.2, 0.25) is 0 Å². The first-order chi connectivity index (χ1) is 9.65. The third-order valence-electron chi connectivity index (χ3n) is 3.73. The van der Waals surface area contributed by atoms with E-state index in [0.29, 0.717) is 11.3 Å². The maximum atomic E-state index is 13.3. The van der Waals surface area contributed by atoms with Gasteiger partial charge in [0.05, 0.1) is 0 Å². The van der Waals surface area contributed by atoms with Crippen LogP contribution in [-0.4, -0.2) is 18.6 Å². The van der Waals surface area contributed by atoms with Crippen LogP contribution >= 0.6 is 0 Å². The lowest BCUT2D eigenvalue weighted by Crippen LogP contribution is -2.37. The minimum Gasteiger partial charge on any atom is -0.484 e. The zero-order chi connectivity index (χ0) is 14.4. The second kappa shape index (κ2) is 7.27. The summed E-state index contributed by atoms with van der Waals surface area (Å²) in [6, 6.07) is 4.91. The van der Waals surface area contributed by atoms with E-state index in [4.69, 9.17) is 4.74 Å². The summed E-state index contributed by atoms with van der Waals surface area (Å²) >= 11 is 0. The average Bonchev–Trinajstić information content (AvgIpc) is 2.69. The van der Waals surface area contributed by atoms with Gasteiger partial charge in [-0.25, -0.2) is 4.39 Å². The third kappa shape index (κ3) is 4.51. The molecule has 0 saturated heterocycles. The molecular formula is C16H22FNO2. The lowest BCUT2D eigenvalue weighted by atomic mass is 10.1. The number of carbonyl (C=O) groups is 1. The number of halogens is 1. The van der Waals surface area contributed by atoms with E-state index < -0.39 is 0 Å². The summed E-state index contributed by atoms with van der Waals surface area (Å²) in [5.74, 6) is -0.0475. The van der Waals surface area contributed by atoms with E-state index >= 15 is 0 Å². The first kappa shape index (κ1) is 14.8. The number of aryl methyl sites for hydroxylation is 1. The Kier molecular flexibility index (Phi) is 5.39. The highest BCUT2D eigenvalue weighted by Crippen LogP contribution is 2.18. The summed E-state index contributed by atoms with van der Waals surface area (Å²) in [6.45, 7) is 1.64. The van der Waals surface area contributed by atoms with Crippen molar-refractivity contribution in [3.63, 3.8) is 0 Å². The Morgan fingerprint density at radius 1 is 1.30 bits per heavy atom. The van der Waals surface area contributed by atoms with Crippen LogP contribution in [0.3, 0.4) is 0 Å². The summed E-state index contributed by atoms with van der Waals surface area (Å²) in [4.78, 5) is 11.8. The van der Waals surface area contributed by atoms with E-state index in [2.05, 4.69) is 5.32 Å². The predicted molar refractivity (Wildman–Crippen MR) is 76.3 cm³/mol. The SMILES string of the molecule is Cc1ccc(OCC(=O)NC2CCCCCC2)cc1F. The molecule has 1 fully saturated rings. The Labute approximate surface area is 119 Å². The summed E-state index contributed by atoms with van der Waals surface area (Å²) in [5.41, 5.74) is 0.570. The van der Waals surface area contributed by atoms with Gasteiger partial charge < -0.3 is 10.1 Å². The predicted octanol–water partition coefficient (Wildman–Crippen LogP) is 3.35. The van der Waals surface area contributed by atoms with Crippen molar-refractivity contribution >= 4 is 5.91 Å². The van der Waals surface area contributed by atoms with Crippen LogP contribution in [0.5, 0.6) is 5.75 Å². The quantitative estimate of drug-likeness (QED) is 0.858. The molecular weight excluding hydrogens is 257 g/mol. The first-order valence-corrected chi connectivity index (χ1v) is 7.33. The normalized spacial score (nSPS) is 16.5. The maximum Gasteiger partial charge on any atom is 0.258 e. The van der Waals surface area contributed by atoms with Crippen LogP contribution in [0, 0.1) is 12.7 Å². The molecule has 1 saturated carbocycles. The zero-order valence-electron chi connectivity index (χ0n) is 12.0. The zero-order valence-corrected chi connectivity index (χ0v) is 12.0. The average molecular weight is 279 g/mol. The van der Waals surface area contributed by atoms with Crippen LogP contribution in [0.4, 0.5) is 4.39 Å². The molecule has 1 aliphatic carbocycles. The van der Waals surface area contributed by atoms with Crippen LogP contribution in [0.1, 0.15) is 44.1 Å². The number of amides is 1. The smallest absolute Gasteiger partial charge is 0.258 e. The van der Waals surface area contributed by atoms with Crippen molar-refractivity contribution in [1.82, 2.24) is 5.32 Å². The van der Waals surface area contributed by atoms with Gasteiger partial charge in [-0.2, -0.15) is 0 Å². The number of ether oxygens (including phenoxy) is 1. The second-order valence-corrected chi connectivity index (χ2v) is 5.46. The molecule has 1 aromatic carbocycles. The van der Waals surface area contributed by atoms with E-state index in [0.717, 1.165) is 12.8 Å². The van der Waals surface area contributed by atoms with E-state index in [1.165, 1.54) is 31.7 Å². The van der Waals surface area contributed by atoms with Crippen molar-refractivity contribution in [2.45, 2.75) is 51.5 Å². The van der Waals surface area contributed by atoms with Gasteiger partial charge >= 0.3 is 0 Å². The number of benzene rings is 1. The number of rotatable bonds is 4. The summed E-state index contributed by atoms with van der Waals surface area (Å²) < 4.78 is 18.7. The topological polar surface area (TPSA) is 38.3 Å². The largest absolute Gasteiger partial charge is 0.484 e. The van der Waals surface area contributed by atoms with Gasteiger partial charge in [0.2, 0.25) is 0 Å². The van der Waals surface area contributed by atoms with Crippen molar-refractivity contribution in [3.05, 3.63) is 29.6 Å². The molecule has 1 amide bonds. The van der Waals surface area contributed by atoms with Gasteiger partial charge in [0, 0.05) is 12.1 Å². The van der Waals surface area contributed by atoms with Crippen molar-refractivity contribution in [3.8, 4) is 5.75 Å². The van der Waals surface area contributed by atoms with Crippen molar-refractivity contribution in [2.24, 2.45) is 0 Å². The molecule has 0 radical (unpaired) electrons. The molecule has 20 heavy (non-hydrogen) atoms. The van der Waals surface area contributed by atoms with Crippen LogP contribution < -0.4 is 10.1 Å². The fraction of sp³-hybridized carbons (Fsp3) is 0.562. The molecule has 0 spiro atoms. The monoisotopic (exact) mass is 279 g/mol. The Balaban J connectivity index is 1.77. The molecule has 2 rings (SSSR count). The van der Waals surface area contributed by atoms with Gasteiger partial charge in [-0.3, -0.25) is 4.79 Å². The fourth-order valence-electron chi connectivity index (χ4n) is 2.51. The number of hydrogen-bond acceptors (Lipinski definition) is 2. The molecule has 0 aromatic heterocycles. The highest BCUT2D eigenvalue weighted by molar-refractivity contribution is 5.77. The fourth-order valence-corrected chi connectivity index (χ4v) is 2.51. The number of hydrogen-bond donors (Lipinski definition) is 1. The van der Waals surface area contributed by atoms with E-state index in [-0.39, 0.29) is 24.4 Å². The molecule has 0 heterocycles. The molecule has 110 valence electrons. The molecule has 0 unspecified atom stereocenters. The van der Waals surface area contributed by atoms with Crippen LogP contribution in [0.15, 0.2) is 18.2 Å². The highest BCUT2D eigenvalue weighted by Gasteiger charge is 2.15.